The van der Waals surface area contributed by atoms with Gasteiger partial charge in [-0.15, -0.1) is 5.10 Å². The van der Waals surface area contributed by atoms with E-state index >= 15 is 0 Å². The number of hydrogen-bond acceptors (Lipinski definition) is 5. The monoisotopic (exact) mass is 314 g/mol. The van der Waals surface area contributed by atoms with E-state index in [1.807, 2.05) is 6.07 Å². The van der Waals surface area contributed by atoms with Crippen LogP contribution in [0.15, 0.2) is 18.3 Å². The minimum Gasteiger partial charge on any atom is -0.369 e. The predicted molar refractivity (Wildman–Crippen MR) is 72.8 cm³/mol. The number of pyridine rings is 1. The second-order valence-electron chi connectivity index (χ2n) is 4.81. The van der Waals surface area contributed by atoms with Gasteiger partial charge >= 0.3 is 12.1 Å². The molecule has 0 bridgehead atoms. The molecular weight excluding hydrogens is 301 g/mol. The molecule has 1 fully saturated rings. The number of aromatic nitrogens is 3. The van der Waals surface area contributed by atoms with Gasteiger partial charge < -0.3 is 10.2 Å². The summed E-state index contributed by atoms with van der Waals surface area (Å²) >= 11 is 0. The summed E-state index contributed by atoms with van der Waals surface area (Å²) in [6.07, 6.45) is -3.37. The number of fused-ring (bicyclic) bond motifs is 1. The highest BCUT2D eigenvalue weighted by Crippen LogP contribution is 2.19. The Balaban J connectivity index is 1.82. The summed E-state index contributed by atoms with van der Waals surface area (Å²) in [6.45, 7) is 3.40. The van der Waals surface area contributed by atoms with Gasteiger partial charge in [0, 0.05) is 44.1 Å². The Kier molecular flexibility index (Phi) is 3.61. The summed E-state index contributed by atoms with van der Waals surface area (Å²) in [7, 11) is 0. The van der Waals surface area contributed by atoms with Crippen molar-refractivity contribution in [2.45, 2.75) is 6.18 Å². The zero-order valence-corrected chi connectivity index (χ0v) is 11.4. The maximum atomic E-state index is 12.2. The fraction of sp³-hybridized carbons (Fsp3) is 0.417. The molecule has 7 nitrogen and oxygen atoms in total. The quantitative estimate of drug-likeness (QED) is 0.851. The molecule has 118 valence electrons. The van der Waals surface area contributed by atoms with E-state index in [9.17, 15) is 18.0 Å². The van der Waals surface area contributed by atoms with Crippen LogP contribution >= 0.6 is 0 Å². The molecule has 1 aliphatic rings. The Bertz CT molecular complexity index is 692. The molecular formula is C12H13F3N6O. The molecule has 1 aliphatic heterocycles. The SMILES string of the molecule is O=C(Nc1nc2cc(N3CCNCC3)ccn2n1)C(F)(F)F. The van der Waals surface area contributed by atoms with Crippen molar-refractivity contribution >= 4 is 23.2 Å². The van der Waals surface area contributed by atoms with Gasteiger partial charge in [0.2, 0.25) is 5.95 Å². The highest BCUT2D eigenvalue weighted by molar-refractivity contribution is 5.93. The molecule has 22 heavy (non-hydrogen) atoms. The van der Waals surface area contributed by atoms with Gasteiger partial charge in [0.15, 0.2) is 5.65 Å². The summed E-state index contributed by atoms with van der Waals surface area (Å²) in [5, 5.41) is 8.67. The van der Waals surface area contributed by atoms with Gasteiger partial charge in [0.25, 0.3) is 0 Å². The Hall–Kier alpha value is -2.36. The topological polar surface area (TPSA) is 74.6 Å². The molecule has 0 radical (unpaired) electrons. The van der Waals surface area contributed by atoms with E-state index in [4.69, 9.17) is 0 Å². The van der Waals surface area contributed by atoms with Crippen molar-refractivity contribution in [3.8, 4) is 0 Å². The summed E-state index contributed by atoms with van der Waals surface area (Å²) < 4.78 is 37.9. The molecule has 0 unspecified atom stereocenters. The van der Waals surface area contributed by atoms with Crippen LogP contribution in [0.1, 0.15) is 0 Å². The minimum absolute atomic E-state index is 0.369. The second kappa shape index (κ2) is 5.44. The lowest BCUT2D eigenvalue weighted by Crippen LogP contribution is -2.43. The molecule has 0 spiro atoms. The summed E-state index contributed by atoms with van der Waals surface area (Å²) in [5.41, 5.74) is 1.28. The minimum atomic E-state index is -4.97. The van der Waals surface area contributed by atoms with Gasteiger partial charge in [0.05, 0.1) is 0 Å². The van der Waals surface area contributed by atoms with E-state index in [2.05, 4.69) is 20.3 Å². The standard InChI is InChI=1S/C12H13F3N6O/c13-12(14,15)10(22)18-11-17-9-7-8(1-4-21(9)19-11)20-5-2-16-3-6-20/h1,4,7,16H,2-3,5-6H2,(H,18,19,22). The van der Waals surface area contributed by atoms with Crippen LogP contribution in [0.3, 0.4) is 0 Å². The van der Waals surface area contributed by atoms with E-state index in [0.29, 0.717) is 5.65 Å². The number of halogens is 3. The van der Waals surface area contributed by atoms with Gasteiger partial charge in [-0.25, -0.2) is 4.52 Å². The smallest absolute Gasteiger partial charge is 0.369 e. The van der Waals surface area contributed by atoms with Crippen LogP contribution in [0.2, 0.25) is 0 Å². The fourth-order valence-corrected chi connectivity index (χ4v) is 2.22. The number of hydrogen-bond donors (Lipinski definition) is 2. The number of amides is 1. The molecule has 1 saturated heterocycles. The third kappa shape index (κ3) is 2.96. The Labute approximate surface area is 123 Å². The van der Waals surface area contributed by atoms with Crippen molar-refractivity contribution < 1.29 is 18.0 Å². The highest BCUT2D eigenvalue weighted by Gasteiger charge is 2.39. The van der Waals surface area contributed by atoms with Crippen molar-refractivity contribution in [1.82, 2.24) is 19.9 Å². The first kappa shape index (κ1) is 14.6. The molecule has 3 rings (SSSR count). The Morgan fingerprint density at radius 1 is 1.32 bits per heavy atom. The van der Waals surface area contributed by atoms with Gasteiger partial charge in [-0.05, 0) is 6.07 Å². The third-order valence-electron chi connectivity index (χ3n) is 3.29. The maximum absolute atomic E-state index is 12.2. The molecule has 2 aromatic heterocycles. The van der Waals surface area contributed by atoms with Gasteiger partial charge in [0.1, 0.15) is 0 Å². The van der Waals surface area contributed by atoms with Crippen molar-refractivity contribution in [3.63, 3.8) is 0 Å². The highest BCUT2D eigenvalue weighted by atomic mass is 19.4. The van der Waals surface area contributed by atoms with Crippen LogP contribution in [0.4, 0.5) is 24.8 Å². The number of carbonyl (C=O) groups is 1. The molecule has 3 heterocycles. The maximum Gasteiger partial charge on any atom is 0.471 e. The van der Waals surface area contributed by atoms with Gasteiger partial charge in [-0.3, -0.25) is 10.1 Å². The molecule has 1 amide bonds. The van der Waals surface area contributed by atoms with Crippen LogP contribution in [0, 0.1) is 0 Å². The van der Waals surface area contributed by atoms with Crippen LogP contribution in [-0.4, -0.2) is 52.9 Å². The molecule has 0 aromatic carbocycles. The second-order valence-corrected chi connectivity index (χ2v) is 4.81. The van der Waals surface area contributed by atoms with Gasteiger partial charge in [-0.2, -0.15) is 18.2 Å². The van der Waals surface area contributed by atoms with Crippen LogP contribution in [0.5, 0.6) is 0 Å². The number of nitrogens with zero attached hydrogens (tertiary/aromatic N) is 4. The van der Waals surface area contributed by atoms with Gasteiger partial charge in [-0.1, -0.05) is 0 Å². The molecule has 2 N–H and O–H groups in total. The molecule has 0 atom stereocenters. The van der Waals surface area contributed by atoms with Crippen molar-refractivity contribution in [2.24, 2.45) is 0 Å². The summed E-state index contributed by atoms with van der Waals surface area (Å²) in [6, 6.07) is 3.53. The van der Waals surface area contributed by atoms with E-state index < -0.39 is 12.1 Å². The summed E-state index contributed by atoms with van der Waals surface area (Å²) in [4.78, 5) is 16.9. The number of nitrogens with one attached hydrogen (secondary N) is 2. The molecule has 10 heteroatoms. The number of carbonyl (C=O) groups excluding carboxylic acids is 1. The van der Waals surface area contributed by atoms with E-state index in [1.165, 1.54) is 4.52 Å². The number of piperazine rings is 1. The lowest BCUT2D eigenvalue weighted by atomic mass is 10.3. The summed E-state index contributed by atoms with van der Waals surface area (Å²) in [5.74, 6) is -2.47. The normalized spacial score (nSPS) is 16.0. The molecule has 0 saturated carbocycles. The van der Waals surface area contributed by atoms with Crippen LogP contribution < -0.4 is 15.5 Å². The van der Waals surface area contributed by atoms with E-state index in [-0.39, 0.29) is 5.95 Å². The first-order chi connectivity index (χ1) is 10.4. The number of anilines is 2. The van der Waals surface area contributed by atoms with E-state index in [1.54, 1.807) is 17.6 Å². The Morgan fingerprint density at radius 3 is 2.73 bits per heavy atom. The molecule has 2 aromatic rings. The van der Waals surface area contributed by atoms with E-state index in [0.717, 1.165) is 31.9 Å². The third-order valence-corrected chi connectivity index (χ3v) is 3.29. The average Bonchev–Trinajstić information content (AvgIpc) is 2.88. The zero-order valence-electron chi connectivity index (χ0n) is 11.4. The first-order valence-corrected chi connectivity index (χ1v) is 6.64. The lowest BCUT2D eigenvalue weighted by molar-refractivity contribution is -0.167. The predicted octanol–water partition coefficient (Wildman–Crippen LogP) is 0.640. The lowest BCUT2D eigenvalue weighted by Gasteiger charge is -2.29. The van der Waals surface area contributed by atoms with Crippen LogP contribution in [-0.2, 0) is 4.79 Å². The molecule has 0 aliphatic carbocycles. The zero-order chi connectivity index (χ0) is 15.7. The Morgan fingerprint density at radius 2 is 2.05 bits per heavy atom. The average molecular weight is 314 g/mol. The largest absolute Gasteiger partial charge is 0.471 e. The van der Waals surface area contributed by atoms with Crippen molar-refractivity contribution in [2.75, 3.05) is 36.4 Å². The van der Waals surface area contributed by atoms with Crippen molar-refractivity contribution in [3.05, 3.63) is 18.3 Å². The van der Waals surface area contributed by atoms with Crippen LogP contribution in [0.25, 0.3) is 5.65 Å². The number of rotatable bonds is 2. The fourth-order valence-electron chi connectivity index (χ4n) is 2.22. The first-order valence-electron chi connectivity index (χ1n) is 6.64. The van der Waals surface area contributed by atoms with Crippen molar-refractivity contribution in [1.29, 1.82) is 0 Å². The number of alkyl halides is 3.